The van der Waals surface area contributed by atoms with Crippen LogP contribution in [0.4, 0.5) is 5.69 Å². The Labute approximate surface area is 137 Å². The molecule has 2 N–H and O–H groups in total. The van der Waals surface area contributed by atoms with Crippen molar-refractivity contribution in [3.8, 4) is 5.75 Å². The van der Waals surface area contributed by atoms with Crippen molar-refractivity contribution in [3.63, 3.8) is 0 Å². The van der Waals surface area contributed by atoms with Gasteiger partial charge in [-0.25, -0.2) is 0 Å². The second-order valence-electron chi connectivity index (χ2n) is 5.36. The molecule has 23 heavy (non-hydrogen) atoms. The van der Waals surface area contributed by atoms with Crippen molar-refractivity contribution in [2.45, 2.75) is 26.3 Å². The zero-order valence-electron chi connectivity index (χ0n) is 13.5. The fourth-order valence-corrected chi connectivity index (χ4v) is 2.09. The van der Waals surface area contributed by atoms with Crippen molar-refractivity contribution >= 4 is 11.6 Å². The van der Waals surface area contributed by atoms with Gasteiger partial charge in [0.25, 0.3) is 0 Å². The summed E-state index contributed by atoms with van der Waals surface area (Å²) in [4.78, 5) is 11.9. The van der Waals surface area contributed by atoms with Crippen LogP contribution in [0.2, 0.25) is 0 Å². The molecular formula is C19H24N2O2. The molecule has 0 aliphatic rings. The third-order valence-corrected chi connectivity index (χ3v) is 3.36. The van der Waals surface area contributed by atoms with E-state index < -0.39 is 0 Å². The normalized spacial score (nSPS) is 10.3. The van der Waals surface area contributed by atoms with Crippen LogP contribution in [-0.4, -0.2) is 19.1 Å². The fraction of sp³-hybridized carbons (Fsp3) is 0.316. The lowest BCUT2D eigenvalue weighted by Gasteiger charge is -2.09. The molecule has 4 nitrogen and oxygen atoms in total. The molecule has 0 unspecified atom stereocenters. The van der Waals surface area contributed by atoms with Crippen molar-refractivity contribution in [1.29, 1.82) is 0 Å². The van der Waals surface area contributed by atoms with E-state index in [2.05, 4.69) is 17.6 Å². The first-order valence-electron chi connectivity index (χ1n) is 8.05. The Bertz CT molecular complexity index is 582. The Hall–Kier alpha value is -2.33. The lowest BCUT2D eigenvalue weighted by Crippen LogP contribution is -2.27. The number of carbonyl (C=O) groups excluding carboxylic acids is 1. The van der Waals surface area contributed by atoms with Crippen molar-refractivity contribution in [3.05, 3.63) is 60.2 Å². The standard InChI is InChI=1S/C19H24N2O2/c1-2-3-13-23-18-11-9-17(10-12-18)21-19(22)15-20-14-16-7-5-4-6-8-16/h4-12,20H,2-3,13-15H2,1H3,(H,21,22). The Balaban J connectivity index is 1.70. The van der Waals surface area contributed by atoms with Gasteiger partial charge in [0.2, 0.25) is 5.91 Å². The Kier molecular flexibility index (Phi) is 7.14. The number of rotatable bonds is 9. The van der Waals surface area contributed by atoms with E-state index >= 15 is 0 Å². The summed E-state index contributed by atoms with van der Waals surface area (Å²) in [5.41, 5.74) is 1.94. The van der Waals surface area contributed by atoms with E-state index in [4.69, 9.17) is 4.74 Å². The third kappa shape index (κ3) is 6.53. The highest BCUT2D eigenvalue weighted by Gasteiger charge is 2.02. The minimum Gasteiger partial charge on any atom is -0.494 e. The monoisotopic (exact) mass is 312 g/mol. The van der Waals surface area contributed by atoms with Gasteiger partial charge in [-0.1, -0.05) is 43.7 Å². The van der Waals surface area contributed by atoms with Gasteiger partial charge in [0, 0.05) is 12.2 Å². The minimum absolute atomic E-state index is 0.0550. The molecule has 0 heterocycles. The smallest absolute Gasteiger partial charge is 0.238 e. The van der Waals surface area contributed by atoms with Gasteiger partial charge in [-0.15, -0.1) is 0 Å². The van der Waals surface area contributed by atoms with Gasteiger partial charge in [-0.05, 0) is 36.2 Å². The number of benzene rings is 2. The predicted octanol–water partition coefficient (Wildman–Crippen LogP) is 3.59. The van der Waals surface area contributed by atoms with E-state index in [1.165, 1.54) is 0 Å². The molecule has 122 valence electrons. The number of anilines is 1. The van der Waals surface area contributed by atoms with Gasteiger partial charge in [0.1, 0.15) is 5.75 Å². The second kappa shape index (κ2) is 9.64. The van der Waals surface area contributed by atoms with Gasteiger partial charge in [-0.3, -0.25) is 4.79 Å². The first kappa shape index (κ1) is 17.0. The highest BCUT2D eigenvalue weighted by atomic mass is 16.5. The summed E-state index contributed by atoms with van der Waals surface area (Å²) >= 11 is 0. The number of nitrogens with one attached hydrogen (secondary N) is 2. The Morgan fingerprint density at radius 2 is 1.78 bits per heavy atom. The molecule has 2 rings (SSSR count). The number of carbonyl (C=O) groups is 1. The van der Waals surface area contributed by atoms with E-state index in [0.717, 1.165) is 36.4 Å². The van der Waals surface area contributed by atoms with Crippen LogP contribution >= 0.6 is 0 Å². The van der Waals surface area contributed by atoms with Gasteiger partial charge in [0.15, 0.2) is 0 Å². The topological polar surface area (TPSA) is 50.4 Å². The molecule has 1 amide bonds. The molecular weight excluding hydrogens is 288 g/mol. The van der Waals surface area contributed by atoms with E-state index in [9.17, 15) is 4.79 Å². The van der Waals surface area contributed by atoms with Crippen LogP contribution in [0.3, 0.4) is 0 Å². The molecule has 0 aromatic heterocycles. The predicted molar refractivity (Wildman–Crippen MR) is 93.6 cm³/mol. The van der Waals surface area contributed by atoms with Crippen LogP contribution in [0.1, 0.15) is 25.3 Å². The first-order valence-corrected chi connectivity index (χ1v) is 8.05. The summed E-state index contributed by atoms with van der Waals surface area (Å²) in [6, 6.07) is 17.5. The van der Waals surface area contributed by atoms with Crippen molar-refractivity contribution in [2.24, 2.45) is 0 Å². The third-order valence-electron chi connectivity index (χ3n) is 3.36. The molecule has 0 atom stereocenters. The largest absolute Gasteiger partial charge is 0.494 e. The van der Waals surface area contributed by atoms with Crippen LogP contribution in [0.5, 0.6) is 5.75 Å². The zero-order valence-corrected chi connectivity index (χ0v) is 13.5. The van der Waals surface area contributed by atoms with E-state index in [0.29, 0.717) is 6.54 Å². The number of unbranched alkanes of at least 4 members (excludes halogenated alkanes) is 1. The zero-order chi connectivity index (χ0) is 16.3. The number of ether oxygens (including phenoxy) is 1. The first-order chi connectivity index (χ1) is 11.3. The molecule has 0 saturated carbocycles. The molecule has 2 aromatic rings. The summed E-state index contributed by atoms with van der Waals surface area (Å²) in [5.74, 6) is 0.777. The highest BCUT2D eigenvalue weighted by Crippen LogP contribution is 2.15. The van der Waals surface area contributed by atoms with Crippen molar-refractivity contribution < 1.29 is 9.53 Å². The molecule has 0 fully saturated rings. The maximum absolute atomic E-state index is 11.9. The van der Waals surface area contributed by atoms with Gasteiger partial charge >= 0.3 is 0 Å². The van der Waals surface area contributed by atoms with E-state index in [-0.39, 0.29) is 12.5 Å². The maximum atomic E-state index is 11.9. The number of hydrogen-bond donors (Lipinski definition) is 2. The molecule has 0 aliphatic carbocycles. The minimum atomic E-state index is -0.0550. The number of amides is 1. The lowest BCUT2D eigenvalue weighted by molar-refractivity contribution is -0.115. The molecule has 0 spiro atoms. The van der Waals surface area contributed by atoms with E-state index in [1.807, 2.05) is 54.6 Å². The summed E-state index contributed by atoms with van der Waals surface area (Å²) in [6.07, 6.45) is 2.16. The molecule has 0 saturated heterocycles. The molecule has 4 heteroatoms. The van der Waals surface area contributed by atoms with E-state index in [1.54, 1.807) is 0 Å². The maximum Gasteiger partial charge on any atom is 0.238 e. The van der Waals surface area contributed by atoms with Gasteiger partial charge < -0.3 is 15.4 Å². The van der Waals surface area contributed by atoms with Crippen LogP contribution < -0.4 is 15.4 Å². The quantitative estimate of drug-likeness (QED) is 0.696. The molecule has 2 aromatic carbocycles. The summed E-state index contributed by atoms with van der Waals surface area (Å²) in [6.45, 7) is 3.82. The summed E-state index contributed by atoms with van der Waals surface area (Å²) < 4.78 is 5.60. The Morgan fingerprint density at radius 3 is 2.48 bits per heavy atom. The van der Waals surface area contributed by atoms with Crippen LogP contribution in [0.15, 0.2) is 54.6 Å². The molecule has 0 aliphatic heterocycles. The lowest BCUT2D eigenvalue weighted by atomic mass is 10.2. The van der Waals surface area contributed by atoms with Gasteiger partial charge in [0.05, 0.1) is 13.2 Å². The Morgan fingerprint density at radius 1 is 1.04 bits per heavy atom. The van der Waals surface area contributed by atoms with Crippen LogP contribution in [0.25, 0.3) is 0 Å². The van der Waals surface area contributed by atoms with Crippen molar-refractivity contribution in [2.75, 3.05) is 18.5 Å². The van der Waals surface area contributed by atoms with Crippen LogP contribution in [-0.2, 0) is 11.3 Å². The highest BCUT2D eigenvalue weighted by molar-refractivity contribution is 5.92. The summed E-state index contributed by atoms with van der Waals surface area (Å²) in [7, 11) is 0. The van der Waals surface area contributed by atoms with Crippen molar-refractivity contribution in [1.82, 2.24) is 5.32 Å². The van der Waals surface area contributed by atoms with Gasteiger partial charge in [-0.2, -0.15) is 0 Å². The number of hydrogen-bond acceptors (Lipinski definition) is 3. The molecule has 0 bridgehead atoms. The SMILES string of the molecule is CCCCOc1ccc(NC(=O)CNCc2ccccc2)cc1. The molecule has 0 radical (unpaired) electrons. The average molecular weight is 312 g/mol. The second-order valence-corrected chi connectivity index (χ2v) is 5.36. The summed E-state index contributed by atoms with van der Waals surface area (Å²) in [5, 5.41) is 6.00. The van der Waals surface area contributed by atoms with Crippen LogP contribution in [0, 0.1) is 0 Å². The average Bonchev–Trinajstić information content (AvgIpc) is 2.58. The fourth-order valence-electron chi connectivity index (χ4n) is 2.09.